The minimum atomic E-state index is -0.525. The van der Waals surface area contributed by atoms with Gasteiger partial charge in [-0.2, -0.15) is 0 Å². The fourth-order valence-electron chi connectivity index (χ4n) is 2.17. The molecule has 18 heavy (non-hydrogen) atoms. The summed E-state index contributed by atoms with van der Waals surface area (Å²) in [7, 11) is 0. The van der Waals surface area contributed by atoms with Crippen molar-refractivity contribution in [2.24, 2.45) is 5.92 Å². The third-order valence-electron chi connectivity index (χ3n) is 3.16. The highest BCUT2D eigenvalue weighted by atomic mass is 35.5. The standard InChI is InChI=1S/C13H18F2N2.ClH/c14-12-4-3-11(13(15)6-12)9-17-8-10-2-1-5-16-7-10;/h3-4,6,10,16-17H,1-2,5,7-9H2;1H. The predicted octanol–water partition coefficient (Wildman–Crippen LogP) is 2.48. The lowest BCUT2D eigenvalue weighted by molar-refractivity contribution is 0.359. The van der Waals surface area contributed by atoms with Crippen molar-refractivity contribution in [3.8, 4) is 0 Å². The van der Waals surface area contributed by atoms with E-state index in [0.29, 0.717) is 18.0 Å². The minimum Gasteiger partial charge on any atom is -0.316 e. The van der Waals surface area contributed by atoms with Gasteiger partial charge in [-0.1, -0.05) is 6.07 Å². The fraction of sp³-hybridized carbons (Fsp3) is 0.538. The Kier molecular flexibility index (Phi) is 6.54. The van der Waals surface area contributed by atoms with Gasteiger partial charge in [-0.15, -0.1) is 12.4 Å². The van der Waals surface area contributed by atoms with Gasteiger partial charge in [0.2, 0.25) is 0 Å². The first-order valence-corrected chi connectivity index (χ1v) is 6.11. The summed E-state index contributed by atoms with van der Waals surface area (Å²) in [6, 6.07) is 3.72. The third kappa shape index (κ3) is 4.52. The van der Waals surface area contributed by atoms with Crippen LogP contribution in [0.5, 0.6) is 0 Å². The molecule has 1 fully saturated rings. The highest BCUT2D eigenvalue weighted by Gasteiger charge is 2.12. The van der Waals surface area contributed by atoms with Crippen LogP contribution in [0.25, 0.3) is 0 Å². The van der Waals surface area contributed by atoms with Gasteiger partial charge < -0.3 is 10.6 Å². The van der Waals surface area contributed by atoms with Gasteiger partial charge in [-0.25, -0.2) is 8.78 Å². The molecule has 102 valence electrons. The van der Waals surface area contributed by atoms with Crippen LogP contribution in [-0.2, 0) is 6.54 Å². The largest absolute Gasteiger partial charge is 0.316 e. The van der Waals surface area contributed by atoms with Crippen LogP contribution in [0.1, 0.15) is 18.4 Å². The Morgan fingerprint density at radius 2 is 2.17 bits per heavy atom. The lowest BCUT2D eigenvalue weighted by Crippen LogP contribution is -2.35. The van der Waals surface area contributed by atoms with Gasteiger partial charge >= 0.3 is 0 Å². The van der Waals surface area contributed by atoms with Crippen LogP contribution in [0, 0.1) is 17.6 Å². The molecule has 1 aromatic rings. The molecule has 1 saturated heterocycles. The molecule has 1 aliphatic rings. The maximum absolute atomic E-state index is 13.3. The second-order valence-corrected chi connectivity index (χ2v) is 4.58. The maximum atomic E-state index is 13.3. The van der Waals surface area contributed by atoms with Gasteiger partial charge in [0.25, 0.3) is 0 Å². The SMILES string of the molecule is Cl.Fc1ccc(CNCC2CCCNC2)c(F)c1. The average Bonchev–Trinajstić information content (AvgIpc) is 2.33. The number of nitrogens with one attached hydrogen (secondary N) is 2. The van der Waals surface area contributed by atoms with E-state index in [2.05, 4.69) is 10.6 Å². The van der Waals surface area contributed by atoms with Crippen molar-refractivity contribution >= 4 is 12.4 Å². The number of halogens is 3. The van der Waals surface area contributed by atoms with Crippen molar-refractivity contribution in [3.63, 3.8) is 0 Å². The van der Waals surface area contributed by atoms with E-state index < -0.39 is 11.6 Å². The van der Waals surface area contributed by atoms with Gasteiger partial charge in [-0.05, 0) is 44.5 Å². The van der Waals surface area contributed by atoms with Crippen LogP contribution in [0.2, 0.25) is 0 Å². The number of rotatable bonds is 4. The first-order valence-electron chi connectivity index (χ1n) is 6.11. The van der Waals surface area contributed by atoms with Gasteiger partial charge in [0.15, 0.2) is 0 Å². The zero-order chi connectivity index (χ0) is 12.1. The third-order valence-corrected chi connectivity index (χ3v) is 3.16. The molecule has 0 aliphatic carbocycles. The highest BCUT2D eigenvalue weighted by molar-refractivity contribution is 5.85. The zero-order valence-electron chi connectivity index (χ0n) is 10.2. The summed E-state index contributed by atoms with van der Waals surface area (Å²) in [5.74, 6) is -0.380. The summed E-state index contributed by atoms with van der Waals surface area (Å²) in [4.78, 5) is 0. The smallest absolute Gasteiger partial charge is 0.130 e. The molecule has 0 amide bonds. The van der Waals surface area contributed by atoms with Crippen LogP contribution < -0.4 is 10.6 Å². The summed E-state index contributed by atoms with van der Waals surface area (Å²) < 4.78 is 26.0. The Hall–Kier alpha value is -0.710. The number of piperidine rings is 1. The molecule has 5 heteroatoms. The summed E-state index contributed by atoms with van der Waals surface area (Å²) >= 11 is 0. The molecule has 2 N–H and O–H groups in total. The van der Waals surface area contributed by atoms with E-state index in [1.165, 1.54) is 25.0 Å². The van der Waals surface area contributed by atoms with Crippen molar-refractivity contribution in [2.45, 2.75) is 19.4 Å². The normalized spacial score (nSPS) is 19.3. The van der Waals surface area contributed by atoms with Crippen LogP contribution in [-0.4, -0.2) is 19.6 Å². The Balaban J connectivity index is 0.00000162. The van der Waals surface area contributed by atoms with E-state index >= 15 is 0 Å². The highest BCUT2D eigenvalue weighted by Crippen LogP contribution is 2.11. The van der Waals surface area contributed by atoms with Crippen molar-refractivity contribution in [1.82, 2.24) is 10.6 Å². The molecule has 1 atom stereocenters. The molecule has 2 rings (SSSR count). The van der Waals surface area contributed by atoms with E-state index in [-0.39, 0.29) is 12.4 Å². The summed E-state index contributed by atoms with van der Waals surface area (Å²) in [6.45, 7) is 3.47. The molecule has 1 aromatic carbocycles. The second-order valence-electron chi connectivity index (χ2n) is 4.58. The number of benzene rings is 1. The van der Waals surface area contributed by atoms with Crippen LogP contribution in [0.3, 0.4) is 0 Å². The first-order chi connectivity index (χ1) is 8.25. The lowest BCUT2D eigenvalue weighted by Gasteiger charge is -2.23. The maximum Gasteiger partial charge on any atom is 0.130 e. The second kappa shape index (κ2) is 7.67. The molecule has 0 aromatic heterocycles. The number of hydrogen-bond donors (Lipinski definition) is 2. The van der Waals surface area contributed by atoms with E-state index in [1.54, 1.807) is 0 Å². The molecular weight excluding hydrogens is 258 g/mol. The molecule has 0 bridgehead atoms. The molecule has 1 aliphatic heterocycles. The minimum absolute atomic E-state index is 0. The quantitative estimate of drug-likeness (QED) is 0.883. The number of hydrogen-bond acceptors (Lipinski definition) is 2. The predicted molar refractivity (Wildman–Crippen MR) is 70.9 cm³/mol. The molecular formula is C13H19ClF2N2. The van der Waals surface area contributed by atoms with E-state index in [4.69, 9.17) is 0 Å². The van der Waals surface area contributed by atoms with Crippen molar-refractivity contribution < 1.29 is 8.78 Å². The summed E-state index contributed by atoms with van der Waals surface area (Å²) in [6.07, 6.45) is 2.42. The Bertz CT molecular complexity index is 368. The average molecular weight is 277 g/mol. The first kappa shape index (κ1) is 15.3. The molecule has 0 saturated carbocycles. The van der Waals surface area contributed by atoms with Gasteiger partial charge in [0, 0.05) is 18.2 Å². The molecule has 2 nitrogen and oxygen atoms in total. The van der Waals surface area contributed by atoms with E-state index in [9.17, 15) is 8.78 Å². The molecule has 0 spiro atoms. The topological polar surface area (TPSA) is 24.1 Å². The van der Waals surface area contributed by atoms with Crippen molar-refractivity contribution in [2.75, 3.05) is 19.6 Å². The van der Waals surface area contributed by atoms with Gasteiger partial charge in [0.05, 0.1) is 0 Å². The van der Waals surface area contributed by atoms with Crippen LogP contribution in [0.15, 0.2) is 18.2 Å². The molecule has 0 radical (unpaired) electrons. The monoisotopic (exact) mass is 276 g/mol. The van der Waals surface area contributed by atoms with Gasteiger partial charge in [0.1, 0.15) is 11.6 Å². The Morgan fingerprint density at radius 1 is 1.33 bits per heavy atom. The molecule has 1 heterocycles. The zero-order valence-corrected chi connectivity index (χ0v) is 11.0. The fourth-order valence-corrected chi connectivity index (χ4v) is 2.17. The lowest BCUT2D eigenvalue weighted by atomic mass is 10.00. The molecule has 1 unspecified atom stereocenters. The summed E-state index contributed by atoms with van der Waals surface area (Å²) in [5.41, 5.74) is 0.523. The Labute approximate surface area is 113 Å². The van der Waals surface area contributed by atoms with Crippen molar-refractivity contribution in [3.05, 3.63) is 35.4 Å². The van der Waals surface area contributed by atoms with Crippen LogP contribution in [0.4, 0.5) is 8.78 Å². The van der Waals surface area contributed by atoms with E-state index in [0.717, 1.165) is 25.7 Å². The Morgan fingerprint density at radius 3 is 2.83 bits per heavy atom. The van der Waals surface area contributed by atoms with Crippen LogP contribution >= 0.6 is 12.4 Å². The van der Waals surface area contributed by atoms with Crippen molar-refractivity contribution in [1.29, 1.82) is 0 Å². The summed E-state index contributed by atoms with van der Waals surface area (Å²) in [5, 5.41) is 6.57. The van der Waals surface area contributed by atoms with Gasteiger partial charge in [-0.3, -0.25) is 0 Å². The van der Waals surface area contributed by atoms with E-state index in [1.807, 2.05) is 0 Å².